The van der Waals surface area contributed by atoms with Crippen molar-refractivity contribution in [3.8, 4) is 18.1 Å². The second-order valence-corrected chi connectivity index (χ2v) is 6.18. The van der Waals surface area contributed by atoms with Crippen LogP contribution in [0.15, 0.2) is 54.6 Å². The summed E-state index contributed by atoms with van der Waals surface area (Å²) in [5.41, 5.74) is 1.67. The summed E-state index contributed by atoms with van der Waals surface area (Å²) in [6.07, 6.45) is 6.10. The van der Waals surface area contributed by atoms with E-state index >= 15 is 0 Å². The molecule has 5 nitrogen and oxygen atoms in total. The fraction of sp³-hybridized carbons (Fsp3) is 0.273. The molecular weight excluding hydrogens is 340 g/mol. The average Bonchev–Trinajstić information content (AvgIpc) is 2.68. The van der Waals surface area contributed by atoms with Crippen LogP contribution >= 0.6 is 0 Å². The first-order valence-electron chi connectivity index (χ1n) is 8.86. The van der Waals surface area contributed by atoms with E-state index in [9.17, 15) is 9.59 Å². The van der Waals surface area contributed by atoms with E-state index in [1.165, 1.54) is 0 Å². The second-order valence-electron chi connectivity index (χ2n) is 6.18. The Balaban J connectivity index is 1.68. The molecule has 27 heavy (non-hydrogen) atoms. The van der Waals surface area contributed by atoms with E-state index in [0.717, 1.165) is 11.3 Å². The monoisotopic (exact) mass is 364 g/mol. The normalized spacial score (nSPS) is 11.1. The maximum Gasteiger partial charge on any atom is 0.251 e. The van der Waals surface area contributed by atoms with E-state index in [0.29, 0.717) is 18.5 Å². The van der Waals surface area contributed by atoms with Crippen LogP contribution < -0.4 is 15.4 Å². The maximum absolute atomic E-state index is 12.1. The third-order valence-corrected chi connectivity index (χ3v) is 3.89. The van der Waals surface area contributed by atoms with Crippen molar-refractivity contribution < 1.29 is 14.3 Å². The van der Waals surface area contributed by atoms with Crippen LogP contribution in [0.5, 0.6) is 5.75 Å². The quantitative estimate of drug-likeness (QED) is 0.672. The van der Waals surface area contributed by atoms with Gasteiger partial charge in [0.2, 0.25) is 5.91 Å². The molecule has 2 N–H and O–H groups in total. The Labute approximate surface area is 160 Å². The zero-order valence-electron chi connectivity index (χ0n) is 15.4. The molecule has 1 unspecified atom stereocenters. The Morgan fingerprint density at radius 1 is 1.11 bits per heavy atom. The fourth-order valence-electron chi connectivity index (χ4n) is 2.52. The average molecular weight is 364 g/mol. The summed E-state index contributed by atoms with van der Waals surface area (Å²) in [6.45, 7) is 2.59. The molecule has 0 radical (unpaired) electrons. The first kappa shape index (κ1) is 20.1. The van der Waals surface area contributed by atoms with E-state index in [1.54, 1.807) is 24.3 Å². The molecule has 0 bridgehead atoms. The van der Waals surface area contributed by atoms with E-state index in [4.69, 9.17) is 11.2 Å². The van der Waals surface area contributed by atoms with Gasteiger partial charge in [-0.2, -0.15) is 0 Å². The van der Waals surface area contributed by atoms with Crippen molar-refractivity contribution in [2.75, 3.05) is 13.2 Å². The predicted molar refractivity (Wildman–Crippen MR) is 105 cm³/mol. The zero-order chi connectivity index (χ0) is 19.5. The van der Waals surface area contributed by atoms with Crippen molar-refractivity contribution in [2.45, 2.75) is 25.8 Å². The third kappa shape index (κ3) is 7.25. The summed E-state index contributed by atoms with van der Waals surface area (Å²) >= 11 is 0. The molecule has 0 heterocycles. The molecule has 140 valence electrons. The summed E-state index contributed by atoms with van der Waals surface area (Å²) < 4.78 is 5.32. The number of nitrogens with one attached hydrogen (secondary N) is 2. The predicted octanol–water partition coefficient (Wildman–Crippen LogP) is 2.57. The number of rotatable bonds is 9. The summed E-state index contributed by atoms with van der Waals surface area (Å²) in [7, 11) is 0. The van der Waals surface area contributed by atoms with Crippen LogP contribution in [0.4, 0.5) is 0 Å². The van der Waals surface area contributed by atoms with Crippen molar-refractivity contribution in [2.24, 2.45) is 0 Å². The van der Waals surface area contributed by atoms with Crippen LogP contribution in [0.2, 0.25) is 0 Å². The van der Waals surface area contributed by atoms with Gasteiger partial charge in [0.15, 0.2) is 0 Å². The van der Waals surface area contributed by atoms with Gasteiger partial charge in [0.1, 0.15) is 12.4 Å². The Morgan fingerprint density at radius 3 is 2.48 bits per heavy atom. The standard InChI is InChI=1S/C22H24N2O3/c1-3-15-27-20-11-9-18(10-12-20)13-14-23-21(25)16-17(2)24-22(26)19-7-5-4-6-8-19/h1,4-12,17H,13-16H2,2H3,(H,23,25)(H,24,26). The van der Waals surface area contributed by atoms with Crippen LogP contribution in [-0.2, 0) is 11.2 Å². The molecule has 0 aliphatic heterocycles. The van der Waals surface area contributed by atoms with Crippen molar-refractivity contribution >= 4 is 11.8 Å². The Kier molecular flexibility index (Phi) is 7.92. The number of terminal acetylenes is 1. The molecule has 5 heteroatoms. The highest BCUT2D eigenvalue weighted by molar-refractivity contribution is 5.94. The van der Waals surface area contributed by atoms with Crippen molar-refractivity contribution in [1.29, 1.82) is 0 Å². The molecule has 0 aromatic heterocycles. The second kappa shape index (κ2) is 10.7. The maximum atomic E-state index is 12.1. The fourth-order valence-corrected chi connectivity index (χ4v) is 2.52. The van der Waals surface area contributed by atoms with Gasteiger partial charge in [0.05, 0.1) is 0 Å². The Morgan fingerprint density at radius 2 is 1.81 bits per heavy atom. The number of benzene rings is 2. The van der Waals surface area contributed by atoms with Gasteiger partial charge >= 0.3 is 0 Å². The van der Waals surface area contributed by atoms with Gasteiger partial charge in [-0.25, -0.2) is 0 Å². The highest BCUT2D eigenvalue weighted by atomic mass is 16.5. The number of carbonyl (C=O) groups is 2. The van der Waals surface area contributed by atoms with Crippen LogP contribution in [0.3, 0.4) is 0 Å². The van der Waals surface area contributed by atoms with Crippen LogP contribution in [0, 0.1) is 12.3 Å². The molecule has 0 saturated carbocycles. The molecule has 0 aliphatic carbocycles. The van der Waals surface area contributed by atoms with Crippen LogP contribution in [-0.4, -0.2) is 31.0 Å². The lowest BCUT2D eigenvalue weighted by molar-refractivity contribution is -0.121. The van der Waals surface area contributed by atoms with E-state index in [2.05, 4.69) is 16.6 Å². The van der Waals surface area contributed by atoms with E-state index in [-0.39, 0.29) is 30.9 Å². The van der Waals surface area contributed by atoms with Gasteiger partial charge < -0.3 is 15.4 Å². The number of hydrogen-bond donors (Lipinski definition) is 2. The molecule has 0 spiro atoms. The lowest BCUT2D eigenvalue weighted by Crippen LogP contribution is -2.37. The molecule has 1 atom stereocenters. The molecule has 0 fully saturated rings. The van der Waals surface area contributed by atoms with Gasteiger partial charge in [-0.05, 0) is 43.2 Å². The lowest BCUT2D eigenvalue weighted by atomic mass is 10.1. The molecule has 2 aromatic rings. The summed E-state index contributed by atoms with van der Waals surface area (Å²) in [6, 6.07) is 16.3. The lowest BCUT2D eigenvalue weighted by Gasteiger charge is -2.14. The minimum absolute atomic E-state index is 0.0927. The smallest absolute Gasteiger partial charge is 0.251 e. The summed E-state index contributed by atoms with van der Waals surface area (Å²) in [5.74, 6) is 2.87. The number of carbonyl (C=O) groups excluding carboxylic acids is 2. The van der Waals surface area contributed by atoms with Crippen molar-refractivity contribution in [3.63, 3.8) is 0 Å². The molecule has 0 saturated heterocycles. The summed E-state index contributed by atoms with van der Waals surface area (Å²) in [4.78, 5) is 24.1. The van der Waals surface area contributed by atoms with Gasteiger partial charge in [-0.15, -0.1) is 6.42 Å². The van der Waals surface area contributed by atoms with Crippen molar-refractivity contribution in [1.82, 2.24) is 10.6 Å². The SMILES string of the molecule is C#CCOc1ccc(CCNC(=O)CC(C)NC(=O)c2ccccc2)cc1. The highest BCUT2D eigenvalue weighted by Gasteiger charge is 2.12. The third-order valence-electron chi connectivity index (χ3n) is 3.89. The minimum atomic E-state index is -0.245. The molecular formula is C22H24N2O3. The van der Waals surface area contributed by atoms with Gasteiger partial charge in [0.25, 0.3) is 5.91 Å². The first-order valence-corrected chi connectivity index (χ1v) is 8.86. The molecule has 0 aliphatic rings. The van der Waals surface area contributed by atoms with Gasteiger partial charge in [0, 0.05) is 24.6 Å². The van der Waals surface area contributed by atoms with Gasteiger partial charge in [-0.1, -0.05) is 36.3 Å². The van der Waals surface area contributed by atoms with Gasteiger partial charge in [-0.3, -0.25) is 9.59 Å². The molecule has 2 aromatic carbocycles. The minimum Gasteiger partial charge on any atom is -0.481 e. The Hall–Kier alpha value is -3.26. The first-order chi connectivity index (χ1) is 13.1. The van der Waals surface area contributed by atoms with Crippen LogP contribution in [0.1, 0.15) is 29.3 Å². The number of amides is 2. The van der Waals surface area contributed by atoms with E-state index < -0.39 is 0 Å². The highest BCUT2D eigenvalue weighted by Crippen LogP contribution is 2.12. The molecule has 2 amide bonds. The zero-order valence-corrected chi connectivity index (χ0v) is 15.4. The largest absolute Gasteiger partial charge is 0.481 e. The van der Waals surface area contributed by atoms with Crippen LogP contribution in [0.25, 0.3) is 0 Å². The summed E-state index contributed by atoms with van der Waals surface area (Å²) in [5, 5.41) is 5.71. The van der Waals surface area contributed by atoms with E-state index in [1.807, 2.05) is 37.3 Å². The number of hydrogen-bond acceptors (Lipinski definition) is 3. The van der Waals surface area contributed by atoms with Crippen molar-refractivity contribution in [3.05, 3.63) is 65.7 Å². The number of ether oxygens (including phenoxy) is 1. The molecule has 2 rings (SSSR count). The topological polar surface area (TPSA) is 67.4 Å². The Bertz CT molecular complexity index is 779.